The molecule has 0 aromatic heterocycles. The molecule has 3 heteroatoms. The van der Waals surface area contributed by atoms with E-state index in [1.54, 1.807) is 0 Å². The first-order valence-electron chi connectivity index (χ1n) is 9.70. The summed E-state index contributed by atoms with van der Waals surface area (Å²) in [5, 5.41) is 0. The molecule has 0 amide bonds. The van der Waals surface area contributed by atoms with Gasteiger partial charge in [-0.1, -0.05) is 44.0 Å². The molecule has 0 spiro atoms. The standard InChI is InChI=1S/C23H28F2O/c1-3-6-16-9-11-17(12-10-16)19-7-4-5-8-20(19)18-13-22(24)21(15-26-2)23(25)14-18/h4-5,7-8,13-14,16-17H,3,6,9-12,15H2,1-2H3/t16-,17-. The summed E-state index contributed by atoms with van der Waals surface area (Å²) in [6.45, 7) is 2.19. The van der Waals surface area contributed by atoms with Crippen molar-refractivity contribution in [1.82, 2.24) is 0 Å². The second-order valence-corrected chi connectivity index (χ2v) is 7.45. The van der Waals surface area contributed by atoms with Crippen molar-refractivity contribution in [2.75, 3.05) is 7.11 Å². The highest BCUT2D eigenvalue weighted by atomic mass is 19.1. The van der Waals surface area contributed by atoms with Gasteiger partial charge < -0.3 is 4.74 Å². The zero-order valence-electron chi connectivity index (χ0n) is 15.7. The van der Waals surface area contributed by atoms with Crippen LogP contribution in [0.1, 0.15) is 62.5 Å². The Morgan fingerprint density at radius 3 is 2.27 bits per heavy atom. The Balaban J connectivity index is 1.89. The number of methoxy groups -OCH3 is 1. The van der Waals surface area contributed by atoms with Crippen molar-refractivity contribution in [1.29, 1.82) is 0 Å². The fourth-order valence-corrected chi connectivity index (χ4v) is 4.33. The molecule has 1 aliphatic rings. The van der Waals surface area contributed by atoms with Crippen molar-refractivity contribution >= 4 is 0 Å². The van der Waals surface area contributed by atoms with Crippen LogP contribution in [0.5, 0.6) is 0 Å². The quantitative estimate of drug-likeness (QED) is 0.548. The molecule has 0 heterocycles. The number of halogens is 2. The maximum absolute atomic E-state index is 14.4. The lowest BCUT2D eigenvalue weighted by Gasteiger charge is -2.30. The van der Waals surface area contributed by atoms with Crippen LogP contribution in [-0.4, -0.2) is 7.11 Å². The van der Waals surface area contributed by atoms with Gasteiger partial charge in [0.25, 0.3) is 0 Å². The van der Waals surface area contributed by atoms with E-state index in [0.717, 1.165) is 24.3 Å². The first-order valence-corrected chi connectivity index (χ1v) is 9.70. The van der Waals surface area contributed by atoms with Gasteiger partial charge in [0.2, 0.25) is 0 Å². The summed E-state index contributed by atoms with van der Waals surface area (Å²) >= 11 is 0. The second-order valence-electron chi connectivity index (χ2n) is 7.45. The highest BCUT2D eigenvalue weighted by Crippen LogP contribution is 2.41. The lowest BCUT2D eigenvalue weighted by molar-refractivity contribution is 0.177. The van der Waals surface area contributed by atoms with Gasteiger partial charge in [0.05, 0.1) is 6.61 Å². The summed E-state index contributed by atoms with van der Waals surface area (Å²) in [6, 6.07) is 11.0. The minimum Gasteiger partial charge on any atom is -0.380 e. The van der Waals surface area contributed by atoms with E-state index in [1.807, 2.05) is 18.2 Å². The molecule has 2 aromatic rings. The van der Waals surface area contributed by atoms with E-state index < -0.39 is 11.6 Å². The zero-order valence-corrected chi connectivity index (χ0v) is 15.7. The van der Waals surface area contributed by atoms with Gasteiger partial charge in [-0.2, -0.15) is 0 Å². The van der Waals surface area contributed by atoms with Crippen LogP contribution in [0.15, 0.2) is 36.4 Å². The molecule has 0 unspecified atom stereocenters. The number of benzene rings is 2. The molecule has 0 radical (unpaired) electrons. The van der Waals surface area contributed by atoms with Crippen molar-refractivity contribution in [3.63, 3.8) is 0 Å². The predicted octanol–water partition coefficient (Wildman–Crippen LogP) is 6.85. The number of rotatable bonds is 6. The first-order chi connectivity index (χ1) is 12.6. The van der Waals surface area contributed by atoms with Crippen LogP contribution in [0, 0.1) is 17.6 Å². The molecule has 1 aliphatic carbocycles. The molecular formula is C23H28F2O. The Morgan fingerprint density at radius 2 is 1.65 bits per heavy atom. The first kappa shape index (κ1) is 19.0. The fraction of sp³-hybridized carbons (Fsp3) is 0.478. The van der Waals surface area contributed by atoms with Gasteiger partial charge in [0.1, 0.15) is 11.6 Å². The van der Waals surface area contributed by atoms with E-state index in [4.69, 9.17) is 4.74 Å². The third kappa shape index (κ3) is 4.15. The molecule has 0 aliphatic heterocycles. The summed E-state index contributed by atoms with van der Waals surface area (Å²) in [7, 11) is 1.44. The molecule has 1 nitrogen and oxygen atoms in total. The number of ether oxygens (including phenoxy) is 1. The van der Waals surface area contributed by atoms with Crippen molar-refractivity contribution in [2.24, 2.45) is 5.92 Å². The maximum Gasteiger partial charge on any atom is 0.132 e. The van der Waals surface area contributed by atoms with E-state index in [0.29, 0.717) is 11.5 Å². The van der Waals surface area contributed by atoms with Crippen LogP contribution in [0.4, 0.5) is 8.78 Å². The SMILES string of the molecule is CCC[C@H]1CC[C@H](c2ccccc2-c2cc(F)c(COC)c(F)c2)CC1. The van der Waals surface area contributed by atoms with Crippen molar-refractivity contribution < 1.29 is 13.5 Å². The molecule has 1 fully saturated rings. The molecule has 0 saturated heterocycles. The molecule has 0 atom stereocenters. The average molecular weight is 358 g/mol. The van der Waals surface area contributed by atoms with Gasteiger partial charge in [0.15, 0.2) is 0 Å². The third-order valence-electron chi connectivity index (χ3n) is 5.69. The molecule has 26 heavy (non-hydrogen) atoms. The lowest BCUT2D eigenvalue weighted by Crippen LogP contribution is -2.14. The Morgan fingerprint density at radius 1 is 1.00 bits per heavy atom. The smallest absolute Gasteiger partial charge is 0.132 e. The van der Waals surface area contributed by atoms with Crippen LogP contribution >= 0.6 is 0 Å². The lowest BCUT2D eigenvalue weighted by atomic mass is 9.75. The summed E-state index contributed by atoms with van der Waals surface area (Å²) in [5.41, 5.74) is 2.79. The molecule has 1 saturated carbocycles. The molecule has 0 bridgehead atoms. The van der Waals surface area contributed by atoms with E-state index in [1.165, 1.54) is 50.5 Å². The largest absolute Gasteiger partial charge is 0.380 e. The van der Waals surface area contributed by atoms with E-state index in [2.05, 4.69) is 13.0 Å². The minimum absolute atomic E-state index is 0.00574. The summed E-state index contributed by atoms with van der Waals surface area (Å²) in [4.78, 5) is 0. The third-order valence-corrected chi connectivity index (χ3v) is 5.69. The van der Waals surface area contributed by atoms with Gasteiger partial charge in [-0.15, -0.1) is 0 Å². The molecule has 0 N–H and O–H groups in total. The van der Waals surface area contributed by atoms with E-state index >= 15 is 0 Å². The van der Waals surface area contributed by atoms with Gasteiger partial charge in [0, 0.05) is 12.7 Å². The predicted molar refractivity (Wildman–Crippen MR) is 102 cm³/mol. The van der Waals surface area contributed by atoms with Crippen LogP contribution in [-0.2, 0) is 11.3 Å². The van der Waals surface area contributed by atoms with E-state index in [-0.39, 0.29) is 12.2 Å². The summed E-state index contributed by atoms with van der Waals surface area (Å²) < 4.78 is 33.7. The normalized spacial score (nSPS) is 20.3. The molecular weight excluding hydrogens is 330 g/mol. The van der Waals surface area contributed by atoms with Gasteiger partial charge in [-0.05, 0) is 66.3 Å². The number of hydrogen-bond acceptors (Lipinski definition) is 1. The van der Waals surface area contributed by atoms with Crippen LogP contribution < -0.4 is 0 Å². The van der Waals surface area contributed by atoms with Gasteiger partial charge in [-0.25, -0.2) is 8.78 Å². The minimum atomic E-state index is -0.539. The van der Waals surface area contributed by atoms with Crippen LogP contribution in [0.25, 0.3) is 11.1 Å². The molecule has 140 valence electrons. The highest BCUT2D eigenvalue weighted by Gasteiger charge is 2.24. The molecule has 2 aromatic carbocycles. The Bertz CT molecular complexity index is 710. The topological polar surface area (TPSA) is 9.23 Å². The summed E-state index contributed by atoms with van der Waals surface area (Å²) in [5.74, 6) is 0.238. The van der Waals surface area contributed by atoms with Crippen molar-refractivity contribution in [2.45, 2.75) is 58.0 Å². The van der Waals surface area contributed by atoms with Gasteiger partial charge >= 0.3 is 0 Å². The maximum atomic E-state index is 14.4. The molecule has 3 rings (SSSR count). The fourth-order valence-electron chi connectivity index (χ4n) is 4.33. The Labute approximate surface area is 155 Å². The highest BCUT2D eigenvalue weighted by molar-refractivity contribution is 5.68. The van der Waals surface area contributed by atoms with Crippen LogP contribution in [0.3, 0.4) is 0 Å². The average Bonchev–Trinajstić information content (AvgIpc) is 2.65. The van der Waals surface area contributed by atoms with E-state index in [9.17, 15) is 8.78 Å². The summed E-state index contributed by atoms with van der Waals surface area (Å²) in [6.07, 6.45) is 7.39. The van der Waals surface area contributed by atoms with Crippen molar-refractivity contribution in [3.05, 3.63) is 59.2 Å². The van der Waals surface area contributed by atoms with Crippen molar-refractivity contribution in [3.8, 4) is 11.1 Å². The monoisotopic (exact) mass is 358 g/mol. The zero-order chi connectivity index (χ0) is 18.5. The Hall–Kier alpha value is -1.74. The Kier molecular flexibility index (Phi) is 6.42. The second kappa shape index (κ2) is 8.77. The van der Waals surface area contributed by atoms with Gasteiger partial charge in [-0.3, -0.25) is 0 Å². The van der Waals surface area contributed by atoms with Crippen LogP contribution in [0.2, 0.25) is 0 Å². The number of hydrogen-bond donors (Lipinski definition) is 0.